The number of thioether (sulfide) groups is 1. The van der Waals surface area contributed by atoms with Crippen molar-refractivity contribution < 1.29 is 9.59 Å². The van der Waals surface area contributed by atoms with Gasteiger partial charge in [-0.05, 0) is 74.8 Å². The summed E-state index contributed by atoms with van der Waals surface area (Å²) in [6, 6.07) is 7.42. The Morgan fingerprint density at radius 1 is 1.10 bits per heavy atom. The second kappa shape index (κ2) is 8.54. The number of nitrogens with one attached hydrogen (secondary N) is 2. The number of carbonyl (C=O) groups is 2. The third-order valence-electron chi connectivity index (χ3n) is 6.92. The van der Waals surface area contributed by atoms with Gasteiger partial charge in [0.15, 0.2) is 0 Å². The van der Waals surface area contributed by atoms with Crippen molar-refractivity contribution in [2.75, 3.05) is 11.1 Å². The first-order valence-corrected chi connectivity index (χ1v) is 13.0. The van der Waals surface area contributed by atoms with Crippen LogP contribution in [0.2, 0.25) is 0 Å². The molecule has 6 nitrogen and oxygen atoms in total. The quantitative estimate of drug-likeness (QED) is 0.598. The number of rotatable bonds is 7. The molecule has 164 valence electrons. The number of hydrogen-bond donors (Lipinski definition) is 2. The molecule has 0 spiro atoms. The lowest BCUT2D eigenvalue weighted by Crippen LogP contribution is -2.60. The van der Waals surface area contributed by atoms with Crippen molar-refractivity contribution >= 4 is 40.0 Å². The zero-order valence-electron chi connectivity index (χ0n) is 17.7. The largest absolute Gasteiger partial charge is 0.350 e. The highest BCUT2D eigenvalue weighted by Gasteiger charge is 2.51. The normalized spacial score (nSPS) is 28.5. The Morgan fingerprint density at radius 3 is 2.42 bits per heavy atom. The highest BCUT2D eigenvalue weighted by molar-refractivity contribution is 8.00. The molecule has 31 heavy (non-hydrogen) atoms. The fourth-order valence-corrected chi connectivity index (χ4v) is 7.65. The molecule has 2 aromatic rings. The highest BCUT2D eigenvalue weighted by Crippen LogP contribution is 2.55. The molecule has 4 bridgehead atoms. The number of benzene rings is 1. The maximum Gasteiger partial charge on any atom is 0.258 e. The predicted molar refractivity (Wildman–Crippen MR) is 123 cm³/mol. The highest BCUT2D eigenvalue weighted by atomic mass is 32.2. The van der Waals surface area contributed by atoms with Crippen LogP contribution in [0, 0.1) is 17.8 Å². The van der Waals surface area contributed by atoms with Crippen molar-refractivity contribution in [1.29, 1.82) is 0 Å². The van der Waals surface area contributed by atoms with Gasteiger partial charge in [0, 0.05) is 10.4 Å². The Hall–Kier alpha value is -1.93. The van der Waals surface area contributed by atoms with E-state index in [-0.39, 0.29) is 17.4 Å². The monoisotopic (exact) mass is 456 g/mol. The summed E-state index contributed by atoms with van der Waals surface area (Å²) in [5, 5.41) is 15.7. The fraction of sp³-hybridized carbons (Fsp3) is 0.565. The number of carbonyl (C=O) groups excluding carboxylic acids is 2. The van der Waals surface area contributed by atoms with E-state index in [1.807, 2.05) is 25.1 Å². The number of aryl methyl sites for hydroxylation is 1. The van der Waals surface area contributed by atoms with Gasteiger partial charge in [-0.2, -0.15) is 0 Å². The van der Waals surface area contributed by atoms with E-state index in [4.69, 9.17) is 0 Å². The van der Waals surface area contributed by atoms with Gasteiger partial charge in [0.25, 0.3) is 5.91 Å². The summed E-state index contributed by atoms with van der Waals surface area (Å²) in [7, 11) is 0. The lowest BCUT2D eigenvalue weighted by molar-refractivity contribution is -0.124. The molecule has 2 N–H and O–H groups in total. The van der Waals surface area contributed by atoms with Gasteiger partial charge >= 0.3 is 0 Å². The molecule has 4 aliphatic carbocycles. The molecule has 0 aliphatic heterocycles. The number of amides is 2. The van der Waals surface area contributed by atoms with Gasteiger partial charge < -0.3 is 5.32 Å². The van der Waals surface area contributed by atoms with E-state index in [0.717, 1.165) is 53.3 Å². The minimum Gasteiger partial charge on any atom is -0.350 e. The van der Waals surface area contributed by atoms with Gasteiger partial charge in [0.1, 0.15) is 5.01 Å². The molecule has 1 heterocycles. The molecule has 4 saturated carbocycles. The Labute approximate surface area is 191 Å². The van der Waals surface area contributed by atoms with Crippen LogP contribution >= 0.6 is 23.1 Å². The number of hydrogen-bond acceptors (Lipinski definition) is 6. The third-order valence-corrected chi connectivity index (χ3v) is 8.98. The maximum atomic E-state index is 12.9. The van der Waals surface area contributed by atoms with Crippen LogP contribution in [-0.2, 0) is 11.2 Å². The molecule has 2 amide bonds. The zero-order chi connectivity index (χ0) is 21.4. The van der Waals surface area contributed by atoms with E-state index in [9.17, 15) is 9.59 Å². The molecule has 1 aromatic heterocycles. The second-order valence-corrected chi connectivity index (χ2v) is 11.4. The van der Waals surface area contributed by atoms with Crippen molar-refractivity contribution in [2.45, 2.75) is 62.3 Å². The molecule has 0 unspecified atom stereocenters. The van der Waals surface area contributed by atoms with Crippen LogP contribution in [0.5, 0.6) is 0 Å². The second-order valence-electron chi connectivity index (χ2n) is 9.34. The summed E-state index contributed by atoms with van der Waals surface area (Å²) in [5.41, 5.74) is 0.585. The van der Waals surface area contributed by atoms with Crippen LogP contribution in [0.3, 0.4) is 0 Å². The van der Waals surface area contributed by atoms with Crippen LogP contribution in [0.1, 0.15) is 60.8 Å². The maximum absolute atomic E-state index is 12.9. The first kappa shape index (κ1) is 20.9. The van der Waals surface area contributed by atoms with E-state index in [1.165, 1.54) is 42.4 Å². The summed E-state index contributed by atoms with van der Waals surface area (Å²) in [6.45, 7) is 2.01. The smallest absolute Gasteiger partial charge is 0.258 e. The first-order chi connectivity index (χ1) is 15.0. The van der Waals surface area contributed by atoms with Gasteiger partial charge in [0.2, 0.25) is 11.0 Å². The summed E-state index contributed by atoms with van der Waals surface area (Å²) < 4.78 is 0. The molecule has 1 aromatic carbocycles. The Balaban J connectivity index is 1.21. The fourth-order valence-electron chi connectivity index (χ4n) is 6.13. The molecule has 4 fully saturated rings. The van der Waals surface area contributed by atoms with Crippen LogP contribution in [0.15, 0.2) is 29.2 Å². The number of anilines is 1. The standard InChI is InChI=1S/C23H28N4O2S2/c1-2-20-26-27-22(31-20)24-21(29)17-5-3-4-6-18(17)30-13-19(28)25-23-10-14-7-15(11-23)9-16(8-14)12-23/h3-6,14-16H,2,7-13H2,1H3,(H,25,28)(H,24,27,29). The van der Waals surface area contributed by atoms with Gasteiger partial charge in [0.05, 0.1) is 11.3 Å². The SMILES string of the molecule is CCc1nnc(NC(=O)c2ccccc2SCC(=O)NC23CC4CC(CC(C4)C2)C3)s1. The van der Waals surface area contributed by atoms with Crippen molar-refractivity contribution in [2.24, 2.45) is 17.8 Å². The topological polar surface area (TPSA) is 84.0 Å². The van der Waals surface area contributed by atoms with E-state index in [0.29, 0.717) is 16.4 Å². The van der Waals surface area contributed by atoms with Crippen molar-refractivity contribution in [3.05, 3.63) is 34.8 Å². The van der Waals surface area contributed by atoms with Crippen molar-refractivity contribution in [3.63, 3.8) is 0 Å². The molecule has 8 heteroatoms. The van der Waals surface area contributed by atoms with Gasteiger partial charge in [-0.25, -0.2) is 0 Å². The van der Waals surface area contributed by atoms with E-state index < -0.39 is 0 Å². The van der Waals surface area contributed by atoms with Gasteiger partial charge in [-0.15, -0.1) is 22.0 Å². The average molecular weight is 457 g/mol. The Morgan fingerprint density at radius 2 is 1.77 bits per heavy atom. The molecule has 0 atom stereocenters. The van der Waals surface area contributed by atoms with Crippen LogP contribution in [0.25, 0.3) is 0 Å². The minimum atomic E-state index is -0.219. The van der Waals surface area contributed by atoms with Crippen molar-refractivity contribution in [3.8, 4) is 0 Å². The summed E-state index contributed by atoms with van der Waals surface area (Å²) in [6.07, 6.45) is 8.32. The summed E-state index contributed by atoms with van der Waals surface area (Å²) in [4.78, 5) is 26.5. The number of aromatic nitrogens is 2. The Bertz CT molecular complexity index is 954. The molecular formula is C23H28N4O2S2. The molecule has 4 aliphatic rings. The third kappa shape index (κ3) is 4.51. The predicted octanol–water partition coefficient (Wildman–Crippen LogP) is 4.53. The lowest BCUT2D eigenvalue weighted by atomic mass is 9.53. The molecular weight excluding hydrogens is 428 g/mol. The lowest BCUT2D eigenvalue weighted by Gasteiger charge is -2.56. The van der Waals surface area contributed by atoms with E-state index in [1.54, 1.807) is 6.07 Å². The van der Waals surface area contributed by atoms with Gasteiger partial charge in [-0.3, -0.25) is 14.9 Å². The van der Waals surface area contributed by atoms with E-state index >= 15 is 0 Å². The molecule has 6 rings (SSSR count). The average Bonchev–Trinajstić information content (AvgIpc) is 3.18. The van der Waals surface area contributed by atoms with Crippen LogP contribution in [0.4, 0.5) is 5.13 Å². The molecule has 0 saturated heterocycles. The van der Waals surface area contributed by atoms with E-state index in [2.05, 4.69) is 20.8 Å². The van der Waals surface area contributed by atoms with Crippen molar-refractivity contribution in [1.82, 2.24) is 15.5 Å². The van der Waals surface area contributed by atoms with Gasteiger partial charge in [-0.1, -0.05) is 30.4 Å². The van der Waals surface area contributed by atoms with Crippen LogP contribution in [-0.4, -0.2) is 33.3 Å². The summed E-state index contributed by atoms with van der Waals surface area (Å²) in [5.74, 6) is 2.60. The van der Waals surface area contributed by atoms with Crippen LogP contribution < -0.4 is 10.6 Å². The minimum absolute atomic E-state index is 0.0259. The number of nitrogens with zero attached hydrogens (tertiary/aromatic N) is 2. The Kier molecular flexibility index (Phi) is 5.77. The molecule has 0 radical (unpaired) electrons. The summed E-state index contributed by atoms with van der Waals surface area (Å²) >= 11 is 2.81. The zero-order valence-corrected chi connectivity index (χ0v) is 19.4. The first-order valence-electron chi connectivity index (χ1n) is 11.2.